The minimum absolute atomic E-state index is 0.0178. The maximum absolute atomic E-state index is 12.7. The van der Waals surface area contributed by atoms with Gasteiger partial charge >= 0.3 is 6.18 Å². The number of benzene rings is 1. The van der Waals surface area contributed by atoms with Crippen molar-refractivity contribution in [3.8, 4) is 0 Å². The lowest BCUT2D eigenvalue weighted by Gasteiger charge is -2.29. The van der Waals surface area contributed by atoms with Crippen molar-refractivity contribution in [1.82, 2.24) is 9.55 Å². The first kappa shape index (κ1) is 14.7. The molecule has 1 aromatic heterocycles. The molecule has 0 aliphatic heterocycles. The predicted molar refractivity (Wildman–Crippen MR) is 73.3 cm³/mol. The van der Waals surface area contributed by atoms with Crippen LogP contribution in [0.25, 0.3) is 11.0 Å². The quantitative estimate of drug-likeness (QED) is 0.851. The van der Waals surface area contributed by atoms with Crippen molar-refractivity contribution in [2.24, 2.45) is 5.41 Å². The molecular weight excluding hydrogens is 267 g/mol. The fourth-order valence-corrected chi connectivity index (χ4v) is 2.09. The molecule has 2 aromatic rings. The molecule has 2 rings (SSSR count). The van der Waals surface area contributed by atoms with Gasteiger partial charge in [-0.3, -0.25) is 0 Å². The zero-order valence-corrected chi connectivity index (χ0v) is 11.9. The lowest BCUT2D eigenvalue weighted by atomic mass is 9.88. The summed E-state index contributed by atoms with van der Waals surface area (Å²) in [5.41, 5.74) is 5.99. The maximum Gasteiger partial charge on any atom is 0.416 e. The Hall–Kier alpha value is -1.72. The van der Waals surface area contributed by atoms with Gasteiger partial charge in [-0.2, -0.15) is 13.2 Å². The highest BCUT2D eigenvalue weighted by molar-refractivity contribution is 5.79. The van der Waals surface area contributed by atoms with Crippen molar-refractivity contribution in [2.75, 3.05) is 5.73 Å². The average molecular weight is 285 g/mol. The second kappa shape index (κ2) is 4.40. The molecule has 0 aliphatic carbocycles. The van der Waals surface area contributed by atoms with Gasteiger partial charge in [0, 0.05) is 6.04 Å². The zero-order chi connectivity index (χ0) is 15.3. The number of rotatable bonds is 1. The lowest BCUT2D eigenvalue weighted by molar-refractivity contribution is -0.137. The Bertz CT molecular complexity index is 635. The van der Waals surface area contributed by atoms with E-state index in [4.69, 9.17) is 5.73 Å². The summed E-state index contributed by atoms with van der Waals surface area (Å²) in [5, 5.41) is 0. The summed E-state index contributed by atoms with van der Waals surface area (Å²) in [5.74, 6) is 0.238. The standard InChI is InChI=1S/C14H18F3N3/c1-8(13(2,3)4)20-11-6-5-9(14(15,16)17)7-10(11)19-12(20)18/h5-8H,1-4H3,(H2,18,19). The highest BCUT2D eigenvalue weighted by atomic mass is 19.4. The largest absolute Gasteiger partial charge is 0.416 e. The van der Waals surface area contributed by atoms with Gasteiger partial charge < -0.3 is 10.3 Å². The van der Waals surface area contributed by atoms with Gasteiger partial charge in [-0.25, -0.2) is 4.98 Å². The molecule has 0 fully saturated rings. The topological polar surface area (TPSA) is 43.8 Å². The first-order valence-corrected chi connectivity index (χ1v) is 6.36. The van der Waals surface area contributed by atoms with Crippen molar-refractivity contribution in [3.05, 3.63) is 23.8 Å². The van der Waals surface area contributed by atoms with Crippen LogP contribution in [0.4, 0.5) is 19.1 Å². The van der Waals surface area contributed by atoms with E-state index in [1.165, 1.54) is 6.07 Å². The van der Waals surface area contributed by atoms with E-state index in [1.54, 1.807) is 4.57 Å². The number of nitrogens with two attached hydrogens (primary N) is 1. The van der Waals surface area contributed by atoms with Crippen molar-refractivity contribution in [2.45, 2.75) is 39.9 Å². The molecule has 110 valence electrons. The van der Waals surface area contributed by atoms with Crippen LogP contribution in [0.1, 0.15) is 39.3 Å². The molecule has 3 nitrogen and oxygen atoms in total. The van der Waals surface area contributed by atoms with Gasteiger partial charge in [0.05, 0.1) is 16.6 Å². The molecule has 1 unspecified atom stereocenters. The SMILES string of the molecule is CC(n1c(N)nc2cc(C(F)(F)F)ccc21)C(C)(C)C. The fraction of sp³-hybridized carbons (Fsp3) is 0.500. The predicted octanol–water partition coefficient (Wildman–Crippen LogP) is 4.24. The first-order chi connectivity index (χ1) is 9.01. The van der Waals surface area contributed by atoms with E-state index in [0.29, 0.717) is 5.52 Å². The summed E-state index contributed by atoms with van der Waals surface area (Å²) in [6, 6.07) is 3.56. The van der Waals surface area contributed by atoms with Crippen LogP contribution in [-0.2, 0) is 6.18 Å². The number of nitrogens with zero attached hydrogens (tertiary/aromatic N) is 2. The van der Waals surface area contributed by atoms with Crippen LogP contribution < -0.4 is 5.73 Å². The maximum atomic E-state index is 12.7. The van der Waals surface area contributed by atoms with Gasteiger partial charge in [-0.15, -0.1) is 0 Å². The number of alkyl halides is 3. The van der Waals surface area contributed by atoms with Crippen LogP contribution >= 0.6 is 0 Å². The van der Waals surface area contributed by atoms with Crippen LogP contribution in [0.3, 0.4) is 0 Å². The molecule has 0 amide bonds. The molecule has 6 heteroatoms. The Labute approximate surface area is 115 Å². The minimum atomic E-state index is -4.37. The van der Waals surface area contributed by atoms with E-state index in [1.807, 2.05) is 27.7 Å². The number of halogens is 3. The molecule has 0 saturated carbocycles. The zero-order valence-electron chi connectivity index (χ0n) is 11.9. The van der Waals surface area contributed by atoms with Gasteiger partial charge in [0.25, 0.3) is 0 Å². The molecule has 1 aromatic carbocycles. The molecule has 0 spiro atoms. The lowest BCUT2D eigenvalue weighted by Crippen LogP contribution is -2.22. The number of hydrogen-bond acceptors (Lipinski definition) is 2. The Morgan fingerprint density at radius 3 is 2.30 bits per heavy atom. The second-order valence-corrected chi connectivity index (χ2v) is 6.08. The molecule has 0 radical (unpaired) electrons. The highest BCUT2D eigenvalue weighted by Crippen LogP contribution is 2.36. The summed E-state index contributed by atoms with van der Waals surface area (Å²) in [6.45, 7) is 8.13. The number of aromatic nitrogens is 2. The molecule has 20 heavy (non-hydrogen) atoms. The minimum Gasteiger partial charge on any atom is -0.369 e. The molecule has 1 atom stereocenters. The first-order valence-electron chi connectivity index (χ1n) is 6.36. The van der Waals surface area contributed by atoms with Crippen LogP contribution in [0.5, 0.6) is 0 Å². The van der Waals surface area contributed by atoms with E-state index < -0.39 is 11.7 Å². The van der Waals surface area contributed by atoms with E-state index in [0.717, 1.165) is 12.1 Å². The highest BCUT2D eigenvalue weighted by Gasteiger charge is 2.32. The number of hydrogen-bond donors (Lipinski definition) is 1. The third-order valence-corrected chi connectivity index (χ3v) is 3.68. The Morgan fingerprint density at radius 1 is 1.20 bits per heavy atom. The number of anilines is 1. The smallest absolute Gasteiger partial charge is 0.369 e. The van der Waals surface area contributed by atoms with E-state index >= 15 is 0 Å². The van der Waals surface area contributed by atoms with Crippen molar-refractivity contribution >= 4 is 17.0 Å². The fourth-order valence-electron chi connectivity index (χ4n) is 2.09. The van der Waals surface area contributed by atoms with Gasteiger partial charge in [0.1, 0.15) is 0 Å². The third kappa shape index (κ3) is 2.46. The van der Waals surface area contributed by atoms with Gasteiger partial charge in [0.2, 0.25) is 5.95 Å². The van der Waals surface area contributed by atoms with E-state index in [2.05, 4.69) is 4.98 Å². The summed E-state index contributed by atoms with van der Waals surface area (Å²) in [4.78, 5) is 4.06. The molecule has 1 heterocycles. The van der Waals surface area contributed by atoms with Gasteiger partial charge in [-0.05, 0) is 30.5 Å². The van der Waals surface area contributed by atoms with Gasteiger partial charge in [-0.1, -0.05) is 20.8 Å². The number of nitrogen functional groups attached to an aromatic ring is 1. The summed E-state index contributed by atoms with van der Waals surface area (Å²) in [7, 11) is 0. The number of fused-ring (bicyclic) bond motifs is 1. The van der Waals surface area contributed by atoms with Crippen LogP contribution in [-0.4, -0.2) is 9.55 Å². The monoisotopic (exact) mass is 285 g/mol. The Morgan fingerprint density at radius 2 is 1.80 bits per heavy atom. The van der Waals surface area contributed by atoms with E-state index in [9.17, 15) is 13.2 Å². The second-order valence-electron chi connectivity index (χ2n) is 6.08. The van der Waals surface area contributed by atoms with Crippen molar-refractivity contribution in [3.63, 3.8) is 0 Å². The molecule has 0 saturated heterocycles. The number of imidazole rings is 1. The third-order valence-electron chi connectivity index (χ3n) is 3.68. The Kier molecular flexibility index (Phi) is 3.23. The van der Waals surface area contributed by atoms with E-state index in [-0.39, 0.29) is 22.9 Å². The van der Waals surface area contributed by atoms with Crippen LogP contribution in [0, 0.1) is 5.41 Å². The Balaban J connectivity index is 2.62. The summed E-state index contributed by atoms with van der Waals surface area (Å²) >= 11 is 0. The summed E-state index contributed by atoms with van der Waals surface area (Å²) in [6.07, 6.45) is -4.37. The van der Waals surface area contributed by atoms with Gasteiger partial charge in [0.15, 0.2) is 0 Å². The average Bonchev–Trinajstić information content (AvgIpc) is 2.60. The molecule has 0 bridgehead atoms. The molecule has 0 aliphatic rings. The normalized spacial score (nSPS) is 14.8. The molecular formula is C14H18F3N3. The van der Waals surface area contributed by atoms with Crippen LogP contribution in [0.2, 0.25) is 0 Å². The van der Waals surface area contributed by atoms with Crippen LogP contribution in [0.15, 0.2) is 18.2 Å². The van der Waals surface area contributed by atoms with Crippen molar-refractivity contribution < 1.29 is 13.2 Å². The van der Waals surface area contributed by atoms with Crippen molar-refractivity contribution in [1.29, 1.82) is 0 Å². The summed E-state index contributed by atoms with van der Waals surface area (Å²) < 4.78 is 39.9. The molecule has 2 N–H and O–H groups in total.